The van der Waals surface area contributed by atoms with E-state index in [4.69, 9.17) is 21.1 Å². The predicted octanol–water partition coefficient (Wildman–Crippen LogP) is 3.24. The van der Waals surface area contributed by atoms with E-state index in [1.807, 2.05) is 27.0 Å². The van der Waals surface area contributed by atoms with Crippen molar-refractivity contribution in [2.75, 3.05) is 42.6 Å². The van der Waals surface area contributed by atoms with Gasteiger partial charge in [0.15, 0.2) is 5.82 Å². The number of morpholine rings is 1. The van der Waals surface area contributed by atoms with E-state index in [0.717, 1.165) is 56.8 Å². The van der Waals surface area contributed by atoms with Crippen molar-refractivity contribution in [1.82, 2.24) is 15.3 Å². The van der Waals surface area contributed by atoms with Gasteiger partial charge in [0, 0.05) is 25.7 Å². The van der Waals surface area contributed by atoms with Gasteiger partial charge in [-0.1, -0.05) is 0 Å². The van der Waals surface area contributed by atoms with Crippen molar-refractivity contribution in [1.29, 1.82) is 0 Å². The number of hydrogen-bond acceptors (Lipinski definition) is 7. The first-order valence-corrected chi connectivity index (χ1v) is 11.3. The molecule has 8 nitrogen and oxygen atoms in total. The number of nitrogens with zero attached hydrogens (tertiary/aromatic N) is 4. The molecule has 30 heavy (non-hydrogen) atoms. The maximum absolute atomic E-state index is 12.0. The summed E-state index contributed by atoms with van der Waals surface area (Å²) in [5, 5.41) is 3.31. The molecule has 2 fully saturated rings. The molecule has 9 heteroatoms. The molecular weight excluding hydrogens is 406 g/mol. The molecule has 1 atom stereocenters. The van der Waals surface area contributed by atoms with Gasteiger partial charge in [-0.15, -0.1) is 0 Å². The minimum Gasteiger partial charge on any atom is -0.444 e. The van der Waals surface area contributed by atoms with Crippen molar-refractivity contribution in [3.63, 3.8) is 0 Å². The van der Waals surface area contributed by atoms with Gasteiger partial charge in [0.2, 0.25) is 5.28 Å². The molecule has 0 aromatic carbocycles. The zero-order valence-electron chi connectivity index (χ0n) is 18.1. The molecule has 166 valence electrons. The van der Waals surface area contributed by atoms with Gasteiger partial charge in [0.1, 0.15) is 5.60 Å². The van der Waals surface area contributed by atoms with Crippen LogP contribution in [-0.4, -0.2) is 66.6 Å². The van der Waals surface area contributed by atoms with Crippen LogP contribution in [0, 0.1) is 5.92 Å². The molecule has 0 spiro atoms. The van der Waals surface area contributed by atoms with Crippen molar-refractivity contribution >= 4 is 29.2 Å². The van der Waals surface area contributed by atoms with E-state index in [-0.39, 0.29) is 17.4 Å². The normalized spacial score (nSPS) is 26.6. The molecule has 3 aliphatic rings. The Morgan fingerprint density at radius 1 is 1.33 bits per heavy atom. The number of fused-ring (bicyclic) bond motifs is 3. The number of ether oxygens (including phenoxy) is 2. The van der Waals surface area contributed by atoms with Crippen LogP contribution in [0.25, 0.3) is 0 Å². The molecule has 1 aromatic rings. The molecule has 0 radical (unpaired) electrons. The lowest BCUT2D eigenvalue weighted by atomic mass is 9.85. The van der Waals surface area contributed by atoms with Gasteiger partial charge in [-0.25, -0.2) is 9.78 Å². The van der Waals surface area contributed by atoms with Crippen LogP contribution in [0.5, 0.6) is 0 Å². The van der Waals surface area contributed by atoms with Crippen LogP contribution in [0.2, 0.25) is 5.28 Å². The molecule has 1 aromatic heterocycles. The van der Waals surface area contributed by atoms with Gasteiger partial charge < -0.3 is 24.6 Å². The van der Waals surface area contributed by atoms with E-state index < -0.39 is 5.60 Å². The topological polar surface area (TPSA) is 79.8 Å². The lowest BCUT2D eigenvalue weighted by Gasteiger charge is -2.46. The fourth-order valence-electron chi connectivity index (χ4n) is 4.67. The standard InChI is InChI=1S/C21H32ClN5O3/c1-21(2,3)30-20(28)24-15-6-4-14(5-7-15)11-26-12-16-13-29-9-8-27(16)18-17(26)10-23-19(22)25-18/h10,14-16H,4-9,11-13H2,1-3H3,(H,24,28)/t14-,15-,16?. The summed E-state index contributed by atoms with van der Waals surface area (Å²) in [6.07, 6.45) is 5.63. The third-order valence-corrected chi connectivity index (χ3v) is 6.22. The van der Waals surface area contributed by atoms with Crippen LogP contribution in [0.1, 0.15) is 46.5 Å². The second-order valence-corrected chi connectivity index (χ2v) is 9.88. The van der Waals surface area contributed by atoms with E-state index >= 15 is 0 Å². The maximum Gasteiger partial charge on any atom is 0.407 e. The number of hydrogen-bond donors (Lipinski definition) is 1. The summed E-state index contributed by atoms with van der Waals surface area (Å²) in [6, 6.07) is 0.483. The summed E-state index contributed by atoms with van der Waals surface area (Å²) < 4.78 is 11.1. The fourth-order valence-corrected chi connectivity index (χ4v) is 4.79. The maximum atomic E-state index is 12.0. The quantitative estimate of drug-likeness (QED) is 0.727. The number of carbonyl (C=O) groups excluding carboxylic acids is 1. The average molecular weight is 438 g/mol. The lowest BCUT2D eigenvalue weighted by molar-refractivity contribution is 0.0487. The smallest absolute Gasteiger partial charge is 0.407 e. The van der Waals surface area contributed by atoms with E-state index in [0.29, 0.717) is 25.2 Å². The number of anilines is 2. The minimum absolute atomic E-state index is 0.189. The Labute approximate surface area is 183 Å². The summed E-state index contributed by atoms with van der Waals surface area (Å²) in [5.74, 6) is 1.50. The van der Waals surface area contributed by atoms with Gasteiger partial charge >= 0.3 is 6.09 Å². The molecule has 1 N–H and O–H groups in total. The fraction of sp³-hybridized carbons (Fsp3) is 0.762. The Bertz CT molecular complexity index is 763. The number of amides is 1. The number of aromatic nitrogens is 2. The first kappa shape index (κ1) is 21.4. The van der Waals surface area contributed by atoms with Gasteiger partial charge in [-0.3, -0.25) is 0 Å². The highest BCUT2D eigenvalue weighted by molar-refractivity contribution is 6.28. The highest BCUT2D eigenvalue weighted by atomic mass is 35.5. The highest BCUT2D eigenvalue weighted by Gasteiger charge is 2.36. The van der Waals surface area contributed by atoms with Gasteiger partial charge in [-0.2, -0.15) is 4.98 Å². The Kier molecular flexibility index (Phi) is 6.25. The number of carbonyl (C=O) groups is 1. The highest BCUT2D eigenvalue weighted by Crippen LogP contribution is 2.37. The van der Waals surface area contributed by atoms with E-state index in [1.54, 1.807) is 0 Å². The van der Waals surface area contributed by atoms with Gasteiger partial charge in [0.05, 0.1) is 31.1 Å². The van der Waals surface area contributed by atoms with Crippen molar-refractivity contribution in [2.45, 2.75) is 64.1 Å². The van der Waals surface area contributed by atoms with Crippen LogP contribution in [-0.2, 0) is 9.47 Å². The number of alkyl carbamates (subject to hydrolysis) is 1. The molecule has 1 unspecified atom stereocenters. The summed E-state index contributed by atoms with van der Waals surface area (Å²) in [7, 11) is 0. The van der Waals surface area contributed by atoms with E-state index in [1.165, 1.54) is 0 Å². The van der Waals surface area contributed by atoms with Crippen LogP contribution in [0.4, 0.5) is 16.3 Å². The van der Waals surface area contributed by atoms with Gasteiger partial charge in [-0.05, 0) is 64.0 Å². The molecule has 4 rings (SSSR count). The Morgan fingerprint density at radius 2 is 2.10 bits per heavy atom. The summed E-state index contributed by atoms with van der Waals surface area (Å²) in [6.45, 7) is 9.78. The Hall–Kier alpha value is -1.80. The van der Waals surface area contributed by atoms with Crippen LogP contribution in [0.3, 0.4) is 0 Å². The molecule has 0 bridgehead atoms. The number of nitrogens with one attached hydrogen (secondary N) is 1. The second-order valence-electron chi connectivity index (χ2n) is 9.54. The Balaban J connectivity index is 1.35. The third kappa shape index (κ3) is 5.09. The second kappa shape index (κ2) is 8.75. The molecular formula is C21H32ClN5O3. The summed E-state index contributed by atoms with van der Waals surface area (Å²) in [5.41, 5.74) is 0.594. The SMILES string of the molecule is CC(C)(C)OC(=O)N[C@H]1CC[C@H](CN2CC3COCCN3c3nc(Cl)ncc32)CC1. The van der Waals surface area contributed by atoms with E-state index in [9.17, 15) is 4.79 Å². The molecule has 1 saturated carbocycles. The number of rotatable bonds is 3. The summed E-state index contributed by atoms with van der Waals surface area (Å²) >= 11 is 6.10. The first-order chi connectivity index (χ1) is 14.3. The minimum atomic E-state index is -0.468. The third-order valence-electron chi connectivity index (χ3n) is 6.04. The Morgan fingerprint density at radius 3 is 2.83 bits per heavy atom. The zero-order valence-corrected chi connectivity index (χ0v) is 18.8. The van der Waals surface area contributed by atoms with Crippen molar-refractivity contribution in [3.8, 4) is 0 Å². The monoisotopic (exact) mass is 437 g/mol. The molecule has 1 amide bonds. The molecule has 2 aliphatic heterocycles. The van der Waals surface area contributed by atoms with Crippen molar-refractivity contribution in [3.05, 3.63) is 11.5 Å². The molecule has 3 heterocycles. The first-order valence-electron chi connectivity index (χ1n) is 10.9. The average Bonchev–Trinajstić information content (AvgIpc) is 2.68. The van der Waals surface area contributed by atoms with Gasteiger partial charge in [0.25, 0.3) is 0 Å². The zero-order chi connectivity index (χ0) is 21.3. The van der Waals surface area contributed by atoms with Crippen LogP contribution in [0.15, 0.2) is 6.20 Å². The molecule has 1 saturated heterocycles. The van der Waals surface area contributed by atoms with Crippen LogP contribution < -0.4 is 15.1 Å². The van der Waals surface area contributed by atoms with Crippen LogP contribution >= 0.6 is 11.6 Å². The number of halogens is 1. The summed E-state index contributed by atoms with van der Waals surface area (Å²) in [4.78, 5) is 25.5. The largest absolute Gasteiger partial charge is 0.444 e. The van der Waals surface area contributed by atoms with E-state index in [2.05, 4.69) is 25.1 Å². The van der Waals surface area contributed by atoms with Crippen molar-refractivity contribution in [2.24, 2.45) is 5.92 Å². The molecule has 1 aliphatic carbocycles. The predicted molar refractivity (Wildman–Crippen MR) is 116 cm³/mol. The van der Waals surface area contributed by atoms with Crippen molar-refractivity contribution < 1.29 is 14.3 Å². The lowest BCUT2D eigenvalue weighted by Crippen LogP contribution is -2.56.